The van der Waals surface area contributed by atoms with E-state index in [-0.39, 0.29) is 12.5 Å². The molecule has 0 atom stereocenters. The summed E-state index contributed by atoms with van der Waals surface area (Å²) in [5.41, 5.74) is 0.857. The van der Waals surface area contributed by atoms with Gasteiger partial charge in [-0.15, -0.1) is 0 Å². The Morgan fingerprint density at radius 2 is 1.82 bits per heavy atom. The van der Waals surface area contributed by atoms with E-state index in [4.69, 9.17) is 9.47 Å². The molecule has 0 aliphatic heterocycles. The summed E-state index contributed by atoms with van der Waals surface area (Å²) >= 11 is 1.49. The van der Waals surface area contributed by atoms with Crippen LogP contribution in [0.15, 0.2) is 48.5 Å². The lowest BCUT2D eigenvalue weighted by atomic mass is 10.3. The molecule has 0 N–H and O–H groups in total. The molecule has 3 aromatic rings. The number of benzene rings is 2. The first kappa shape index (κ1) is 20.1. The maximum absolute atomic E-state index is 12.9. The molecule has 6 nitrogen and oxygen atoms in total. The van der Waals surface area contributed by atoms with Crippen molar-refractivity contribution in [2.75, 3.05) is 45.3 Å². The van der Waals surface area contributed by atoms with Gasteiger partial charge in [0.1, 0.15) is 11.5 Å². The highest BCUT2D eigenvalue weighted by Crippen LogP contribution is 2.31. The normalized spacial score (nSPS) is 11.0. The molecular formula is C21H25N3O3S. The number of amides is 1. The number of hydrogen-bond donors (Lipinski definition) is 0. The van der Waals surface area contributed by atoms with E-state index in [1.807, 2.05) is 74.4 Å². The number of aromatic nitrogens is 1. The number of carbonyl (C=O) groups excluding carboxylic acids is 1. The highest BCUT2D eigenvalue weighted by atomic mass is 32.1. The third-order valence-corrected chi connectivity index (χ3v) is 5.11. The zero-order valence-corrected chi connectivity index (χ0v) is 17.2. The lowest BCUT2D eigenvalue weighted by Gasteiger charge is -2.22. The molecule has 0 saturated heterocycles. The van der Waals surface area contributed by atoms with Crippen molar-refractivity contribution in [3.05, 3.63) is 48.5 Å². The van der Waals surface area contributed by atoms with E-state index < -0.39 is 0 Å². The summed E-state index contributed by atoms with van der Waals surface area (Å²) in [5.74, 6) is 1.37. The van der Waals surface area contributed by atoms with Gasteiger partial charge < -0.3 is 14.4 Å². The van der Waals surface area contributed by atoms with Gasteiger partial charge in [0.05, 0.1) is 16.8 Å². The Morgan fingerprint density at radius 3 is 2.54 bits per heavy atom. The molecule has 148 valence electrons. The van der Waals surface area contributed by atoms with Crippen molar-refractivity contribution >= 4 is 32.6 Å². The number of carbonyl (C=O) groups is 1. The first-order chi connectivity index (χ1) is 13.6. The molecule has 0 fully saturated rings. The van der Waals surface area contributed by atoms with Crippen LogP contribution in [-0.4, -0.2) is 56.2 Å². The van der Waals surface area contributed by atoms with Gasteiger partial charge in [-0.3, -0.25) is 9.69 Å². The average Bonchev–Trinajstić information content (AvgIpc) is 3.10. The SMILES string of the molecule is CCOc1ccc2nc(N(CCN(C)C)C(=O)COc3ccccc3)sc2c1. The van der Waals surface area contributed by atoms with Gasteiger partial charge in [0, 0.05) is 13.1 Å². The number of ether oxygens (including phenoxy) is 2. The second kappa shape index (κ2) is 9.52. The quantitative estimate of drug-likeness (QED) is 0.550. The number of anilines is 1. The van der Waals surface area contributed by atoms with E-state index in [9.17, 15) is 4.79 Å². The van der Waals surface area contributed by atoms with E-state index in [2.05, 4.69) is 4.98 Å². The second-order valence-corrected chi connectivity index (χ2v) is 7.52. The van der Waals surface area contributed by atoms with Crippen LogP contribution in [0.4, 0.5) is 5.13 Å². The topological polar surface area (TPSA) is 54.9 Å². The Balaban J connectivity index is 1.80. The van der Waals surface area contributed by atoms with Gasteiger partial charge in [-0.05, 0) is 51.4 Å². The molecule has 1 aromatic heterocycles. The van der Waals surface area contributed by atoms with Crippen molar-refractivity contribution in [2.45, 2.75) is 6.92 Å². The molecule has 0 unspecified atom stereocenters. The number of thiazole rings is 1. The van der Waals surface area contributed by atoms with Crippen molar-refractivity contribution in [1.29, 1.82) is 0 Å². The van der Waals surface area contributed by atoms with Gasteiger partial charge in [0.25, 0.3) is 5.91 Å². The summed E-state index contributed by atoms with van der Waals surface area (Å²) in [5, 5.41) is 0.673. The van der Waals surface area contributed by atoms with Crippen LogP contribution in [0.2, 0.25) is 0 Å². The monoisotopic (exact) mass is 399 g/mol. The van der Waals surface area contributed by atoms with Crippen LogP contribution >= 0.6 is 11.3 Å². The van der Waals surface area contributed by atoms with E-state index in [1.54, 1.807) is 4.90 Å². The van der Waals surface area contributed by atoms with E-state index in [0.717, 1.165) is 22.5 Å². The Hall–Kier alpha value is -2.64. The smallest absolute Gasteiger partial charge is 0.266 e. The molecule has 0 spiro atoms. The van der Waals surface area contributed by atoms with Crippen LogP contribution in [0.1, 0.15) is 6.92 Å². The summed E-state index contributed by atoms with van der Waals surface area (Å²) in [6.45, 7) is 3.81. The molecule has 2 aromatic carbocycles. The molecule has 0 aliphatic carbocycles. The van der Waals surface area contributed by atoms with Crippen LogP contribution in [0.3, 0.4) is 0 Å². The maximum atomic E-state index is 12.9. The Bertz CT molecular complexity index is 912. The van der Waals surface area contributed by atoms with Gasteiger partial charge in [0.15, 0.2) is 11.7 Å². The zero-order valence-electron chi connectivity index (χ0n) is 16.4. The van der Waals surface area contributed by atoms with Crippen molar-refractivity contribution in [1.82, 2.24) is 9.88 Å². The lowest BCUT2D eigenvalue weighted by Crippen LogP contribution is -2.39. The Kier molecular flexibility index (Phi) is 6.84. The Morgan fingerprint density at radius 1 is 1.04 bits per heavy atom. The molecule has 0 radical (unpaired) electrons. The first-order valence-electron chi connectivity index (χ1n) is 9.23. The standard InChI is InChI=1S/C21H25N3O3S/c1-4-26-17-10-11-18-19(14-17)28-21(22-18)24(13-12-23(2)3)20(25)15-27-16-8-6-5-7-9-16/h5-11,14H,4,12-13,15H2,1-3H3. The fourth-order valence-electron chi connectivity index (χ4n) is 2.63. The number of nitrogens with zero attached hydrogens (tertiary/aromatic N) is 3. The van der Waals surface area contributed by atoms with Gasteiger partial charge in [-0.25, -0.2) is 4.98 Å². The minimum atomic E-state index is -0.116. The maximum Gasteiger partial charge on any atom is 0.266 e. The first-order valence-corrected chi connectivity index (χ1v) is 10.0. The minimum Gasteiger partial charge on any atom is -0.494 e. The van der Waals surface area contributed by atoms with Crippen LogP contribution in [0.5, 0.6) is 11.5 Å². The average molecular weight is 400 g/mol. The van der Waals surface area contributed by atoms with Crippen molar-refractivity contribution < 1.29 is 14.3 Å². The third-order valence-electron chi connectivity index (χ3n) is 4.07. The number of hydrogen-bond acceptors (Lipinski definition) is 6. The fraction of sp³-hybridized carbons (Fsp3) is 0.333. The van der Waals surface area contributed by atoms with Crippen molar-refractivity contribution in [2.24, 2.45) is 0 Å². The van der Waals surface area contributed by atoms with Crippen LogP contribution in [-0.2, 0) is 4.79 Å². The molecule has 1 heterocycles. The molecule has 0 saturated carbocycles. The zero-order chi connectivity index (χ0) is 19.9. The summed E-state index contributed by atoms with van der Waals surface area (Å²) in [7, 11) is 3.96. The highest BCUT2D eigenvalue weighted by molar-refractivity contribution is 7.22. The second-order valence-electron chi connectivity index (χ2n) is 6.51. The summed E-state index contributed by atoms with van der Waals surface area (Å²) in [4.78, 5) is 21.3. The predicted molar refractivity (Wildman–Crippen MR) is 114 cm³/mol. The Labute approximate surface area is 169 Å². The predicted octanol–water partition coefficient (Wildman–Crippen LogP) is 3.67. The molecule has 28 heavy (non-hydrogen) atoms. The molecular weight excluding hydrogens is 374 g/mol. The van der Waals surface area contributed by atoms with E-state index in [1.165, 1.54) is 11.3 Å². The molecule has 3 rings (SSSR count). The van der Waals surface area contributed by atoms with Crippen molar-refractivity contribution in [3.8, 4) is 11.5 Å². The third kappa shape index (κ3) is 5.21. The van der Waals surface area contributed by atoms with Gasteiger partial charge >= 0.3 is 0 Å². The summed E-state index contributed by atoms with van der Waals surface area (Å²) in [6.07, 6.45) is 0. The number of fused-ring (bicyclic) bond motifs is 1. The molecule has 1 amide bonds. The lowest BCUT2D eigenvalue weighted by molar-refractivity contribution is -0.120. The van der Waals surface area contributed by atoms with Crippen LogP contribution in [0.25, 0.3) is 10.2 Å². The van der Waals surface area contributed by atoms with Gasteiger partial charge in [-0.1, -0.05) is 29.5 Å². The van der Waals surface area contributed by atoms with Crippen LogP contribution in [0, 0.1) is 0 Å². The van der Waals surface area contributed by atoms with Crippen LogP contribution < -0.4 is 14.4 Å². The van der Waals surface area contributed by atoms with Crippen molar-refractivity contribution in [3.63, 3.8) is 0 Å². The minimum absolute atomic E-state index is 0.0302. The van der Waals surface area contributed by atoms with E-state index >= 15 is 0 Å². The van der Waals surface area contributed by atoms with E-state index in [0.29, 0.717) is 24.0 Å². The fourth-order valence-corrected chi connectivity index (χ4v) is 3.67. The number of rotatable bonds is 9. The van der Waals surface area contributed by atoms with Gasteiger partial charge in [-0.2, -0.15) is 0 Å². The largest absolute Gasteiger partial charge is 0.494 e. The number of para-hydroxylation sites is 1. The molecule has 7 heteroatoms. The summed E-state index contributed by atoms with van der Waals surface area (Å²) in [6, 6.07) is 15.1. The molecule has 0 aliphatic rings. The number of likely N-dealkylation sites (N-methyl/N-ethyl adjacent to an activating group) is 1. The van der Waals surface area contributed by atoms with Gasteiger partial charge in [0.2, 0.25) is 0 Å². The highest BCUT2D eigenvalue weighted by Gasteiger charge is 2.20. The molecule has 0 bridgehead atoms. The summed E-state index contributed by atoms with van der Waals surface area (Å²) < 4.78 is 12.2.